The predicted octanol–water partition coefficient (Wildman–Crippen LogP) is 4.80. The largest absolute Gasteiger partial charge is 0.497 e. The van der Waals surface area contributed by atoms with Crippen LogP contribution in [0.2, 0.25) is 5.02 Å². The van der Waals surface area contributed by atoms with Crippen LogP contribution in [0.5, 0.6) is 5.75 Å². The van der Waals surface area contributed by atoms with E-state index in [2.05, 4.69) is 5.32 Å². The highest BCUT2D eigenvalue weighted by molar-refractivity contribution is 6.30. The normalized spacial score (nSPS) is 13.4. The van der Waals surface area contributed by atoms with Gasteiger partial charge in [0.1, 0.15) is 5.75 Å². The third-order valence-corrected chi connectivity index (χ3v) is 4.72. The molecule has 1 heterocycles. The first kappa shape index (κ1) is 16.7. The summed E-state index contributed by atoms with van der Waals surface area (Å²) in [5.41, 5.74) is 3.32. The minimum Gasteiger partial charge on any atom is -0.497 e. The van der Waals surface area contributed by atoms with Gasteiger partial charge in [-0.05, 0) is 55.3 Å². The van der Waals surface area contributed by atoms with E-state index in [1.807, 2.05) is 53.2 Å². The molecule has 3 aromatic rings. The Morgan fingerprint density at radius 3 is 2.69 bits per heavy atom. The maximum atomic E-state index is 12.6. The fraction of sp³-hybridized carbons (Fsp3) is 0.200. The molecule has 4 rings (SSSR count). The fourth-order valence-corrected chi connectivity index (χ4v) is 3.44. The number of Topliss-reactive ketones (excluding diaryl/α,β-unsaturated/α-hetero) is 1. The van der Waals surface area contributed by atoms with Gasteiger partial charge in [-0.2, -0.15) is 0 Å². The third-order valence-electron chi connectivity index (χ3n) is 4.48. The molecule has 1 aliphatic rings. The number of carbonyl (C=O) groups excluding carboxylic acids is 1. The second-order valence-electron chi connectivity index (χ2n) is 6.19. The molecule has 0 saturated heterocycles. The van der Waals surface area contributed by atoms with E-state index in [0.29, 0.717) is 22.8 Å². The summed E-state index contributed by atoms with van der Waals surface area (Å²) in [5, 5.41) is 8.58. The van der Waals surface area contributed by atoms with E-state index in [0.717, 1.165) is 35.7 Å². The summed E-state index contributed by atoms with van der Waals surface area (Å²) in [6, 6.07) is 15.0. The van der Waals surface area contributed by atoms with E-state index in [9.17, 15) is 4.79 Å². The van der Waals surface area contributed by atoms with Crippen molar-refractivity contribution in [2.75, 3.05) is 12.4 Å². The average Bonchev–Trinajstić information content (AvgIpc) is 3.01. The van der Waals surface area contributed by atoms with Crippen LogP contribution in [0.3, 0.4) is 0 Å². The zero-order valence-electron chi connectivity index (χ0n) is 14.3. The standard InChI is InChI=1S/C20H18ClN3O2/c1-26-16-10-8-15(9-11-16)24-17-6-3-7-18(25)19(17)20(23-24)22-14-5-2-4-13(21)12-14/h2,4-5,8-12H,3,6-7H2,1H3,(H,22,23). The SMILES string of the molecule is COc1ccc(-n2nc(Nc3cccc(Cl)c3)c3c2CCCC3=O)cc1. The van der Waals surface area contributed by atoms with Crippen molar-refractivity contribution in [3.8, 4) is 11.4 Å². The summed E-state index contributed by atoms with van der Waals surface area (Å²) in [7, 11) is 1.64. The highest BCUT2D eigenvalue weighted by Crippen LogP contribution is 2.32. The first-order valence-electron chi connectivity index (χ1n) is 8.48. The van der Waals surface area contributed by atoms with Gasteiger partial charge in [0.2, 0.25) is 0 Å². The van der Waals surface area contributed by atoms with Crippen molar-refractivity contribution in [3.05, 3.63) is 64.8 Å². The molecular weight excluding hydrogens is 350 g/mol. The second kappa shape index (κ2) is 6.84. The molecule has 0 amide bonds. The van der Waals surface area contributed by atoms with Crippen molar-refractivity contribution in [1.29, 1.82) is 0 Å². The molecule has 2 aromatic carbocycles. The third kappa shape index (κ3) is 3.06. The molecule has 26 heavy (non-hydrogen) atoms. The highest BCUT2D eigenvalue weighted by atomic mass is 35.5. The summed E-state index contributed by atoms with van der Waals surface area (Å²) in [6.45, 7) is 0. The van der Waals surface area contributed by atoms with Crippen molar-refractivity contribution in [3.63, 3.8) is 0 Å². The van der Waals surface area contributed by atoms with Gasteiger partial charge in [-0.1, -0.05) is 17.7 Å². The lowest BCUT2D eigenvalue weighted by molar-refractivity contribution is 0.0973. The number of hydrogen-bond donors (Lipinski definition) is 1. The van der Waals surface area contributed by atoms with Gasteiger partial charge in [-0.15, -0.1) is 5.10 Å². The minimum atomic E-state index is 0.121. The predicted molar refractivity (Wildman–Crippen MR) is 102 cm³/mol. The van der Waals surface area contributed by atoms with Crippen LogP contribution < -0.4 is 10.1 Å². The number of benzene rings is 2. The van der Waals surface area contributed by atoms with Crippen molar-refractivity contribution < 1.29 is 9.53 Å². The monoisotopic (exact) mass is 367 g/mol. The number of aromatic nitrogens is 2. The molecule has 0 saturated carbocycles. The Bertz CT molecular complexity index is 964. The molecule has 0 radical (unpaired) electrons. The number of ketones is 1. The minimum absolute atomic E-state index is 0.121. The van der Waals surface area contributed by atoms with Gasteiger partial charge < -0.3 is 10.1 Å². The van der Waals surface area contributed by atoms with Crippen molar-refractivity contribution in [2.45, 2.75) is 19.3 Å². The van der Waals surface area contributed by atoms with E-state index in [-0.39, 0.29) is 5.78 Å². The van der Waals surface area contributed by atoms with Gasteiger partial charge in [0.05, 0.1) is 24.1 Å². The summed E-state index contributed by atoms with van der Waals surface area (Å²) in [4.78, 5) is 12.6. The van der Waals surface area contributed by atoms with Gasteiger partial charge in [0, 0.05) is 17.1 Å². The van der Waals surface area contributed by atoms with Gasteiger partial charge >= 0.3 is 0 Å². The Morgan fingerprint density at radius 1 is 1.15 bits per heavy atom. The molecule has 0 bridgehead atoms. The average molecular weight is 368 g/mol. The maximum Gasteiger partial charge on any atom is 0.168 e. The van der Waals surface area contributed by atoms with E-state index >= 15 is 0 Å². The summed E-state index contributed by atoms with van der Waals surface area (Å²) < 4.78 is 7.07. The molecule has 0 spiro atoms. The number of methoxy groups -OCH3 is 1. The number of fused-ring (bicyclic) bond motifs is 1. The van der Waals surface area contributed by atoms with Gasteiger partial charge in [-0.25, -0.2) is 4.68 Å². The maximum absolute atomic E-state index is 12.6. The number of halogens is 1. The van der Waals surface area contributed by atoms with Crippen LogP contribution in [0.25, 0.3) is 5.69 Å². The van der Waals surface area contributed by atoms with Gasteiger partial charge in [-0.3, -0.25) is 4.79 Å². The molecule has 5 nitrogen and oxygen atoms in total. The Hall–Kier alpha value is -2.79. The molecule has 132 valence electrons. The lowest BCUT2D eigenvalue weighted by Crippen LogP contribution is -2.13. The Balaban J connectivity index is 1.79. The molecule has 1 N–H and O–H groups in total. The Morgan fingerprint density at radius 2 is 1.96 bits per heavy atom. The molecule has 0 atom stereocenters. The van der Waals surface area contributed by atoms with Crippen LogP contribution in [0.15, 0.2) is 48.5 Å². The number of nitrogens with zero attached hydrogens (tertiary/aromatic N) is 2. The number of hydrogen-bond acceptors (Lipinski definition) is 4. The second-order valence-corrected chi connectivity index (χ2v) is 6.63. The molecule has 0 aliphatic heterocycles. The van der Waals surface area contributed by atoms with Crippen LogP contribution in [-0.2, 0) is 6.42 Å². The number of carbonyl (C=O) groups is 1. The summed E-state index contributed by atoms with van der Waals surface area (Å²) in [6.07, 6.45) is 2.20. The number of nitrogens with one attached hydrogen (secondary N) is 1. The van der Waals surface area contributed by atoms with E-state index in [1.165, 1.54) is 0 Å². The van der Waals surface area contributed by atoms with Gasteiger partial charge in [0.15, 0.2) is 11.6 Å². The topological polar surface area (TPSA) is 56.1 Å². The summed E-state index contributed by atoms with van der Waals surface area (Å²) in [5.74, 6) is 1.47. The zero-order chi connectivity index (χ0) is 18.1. The Kier molecular flexibility index (Phi) is 4.39. The number of ether oxygens (including phenoxy) is 1. The zero-order valence-corrected chi connectivity index (χ0v) is 15.1. The van der Waals surface area contributed by atoms with E-state index in [1.54, 1.807) is 7.11 Å². The Labute approximate surface area is 156 Å². The summed E-state index contributed by atoms with van der Waals surface area (Å²) >= 11 is 6.07. The highest BCUT2D eigenvalue weighted by Gasteiger charge is 2.27. The molecule has 0 unspecified atom stereocenters. The molecule has 0 fully saturated rings. The van der Waals surface area contributed by atoms with Crippen LogP contribution >= 0.6 is 11.6 Å². The molecule has 6 heteroatoms. The molecular formula is C20H18ClN3O2. The first-order valence-corrected chi connectivity index (χ1v) is 8.85. The van der Waals surface area contributed by atoms with E-state index < -0.39 is 0 Å². The number of rotatable bonds is 4. The first-order chi connectivity index (χ1) is 12.7. The quantitative estimate of drug-likeness (QED) is 0.719. The lowest BCUT2D eigenvalue weighted by Gasteiger charge is -2.13. The van der Waals surface area contributed by atoms with Gasteiger partial charge in [0.25, 0.3) is 0 Å². The van der Waals surface area contributed by atoms with Crippen LogP contribution in [0.4, 0.5) is 11.5 Å². The van der Waals surface area contributed by atoms with Crippen molar-refractivity contribution in [2.24, 2.45) is 0 Å². The van der Waals surface area contributed by atoms with Crippen LogP contribution in [0, 0.1) is 0 Å². The smallest absolute Gasteiger partial charge is 0.168 e. The molecule has 1 aromatic heterocycles. The van der Waals surface area contributed by atoms with E-state index in [4.69, 9.17) is 21.4 Å². The van der Waals surface area contributed by atoms with Crippen LogP contribution in [0.1, 0.15) is 28.9 Å². The van der Waals surface area contributed by atoms with Crippen molar-refractivity contribution >= 4 is 28.9 Å². The molecule has 1 aliphatic carbocycles. The lowest BCUT2D eigenvalue weighted by atomic mass is 9.95. The van der Waals surface area contributed by atoms with Crippen molar-refractivity contribution in [1.82, 2.24) is 9.78 Å². The fourth-order valence-electron chi connectivity index (χ4n) is 3.25. The number of anilines is 2. The van der Waals surface area contributed by atoms with Crippen LogP contribution in [-0.4, -0.2) is 22.7 Å².